The van der Waals surface area contributed by atoms with Gasteiger partial charge in [-0.1, -0.05) is 13.2 Å². The molecule has 0 radical (unpaired) electrons. The van der Waals surface area contributed by atoms with Crippen LogP contribution in [0.1, 0.15) is 39.5 Å². The van der Waals surface area contributed by atoms with Gasteiger partial charge < -0.3 is 9.47 Å². The lowest BCUT2D eigenvalue weighted by Crippen LogP contribution is -2.28. The van der Waals surface area contributed by atoms with Crippen LogP contribution in [0.3, 0.4) is 0 Å². The summed E-state index contributed by atoms with van der Waals surface area (Å²) in [4.78, 5) is 22.4. The van der Waals surface area contributed by atoms with Crippen LogP contribution in [-0.2, 0) is 19.1 Å². The fourth-order valence-corrected chi connectivity index (χ4v) is 2.67. The zero-order valence-electron chi connectivity index (χ0n) is 11.7. The molecule has 0 heterocycles. The van der Waals surface area contributed by atoms with E-state index in [1.807, 2.05) is 13.8 Å². The van der Waals surface area contributed by atoms with E-state index < -0.39 is 11.6 Å². The van der Waals surface area contributed by atoms with Gasteiger partial charge in [0.2, 0.25) is 0 Å². The Balaban J connectivity index is 2.43. The molecular formula is C15H22O4. The largest absolute Gasteiger partial charge is 0.460 e. The van der Waals surface area contributed by atoms with Crippen LogP contribution in [0.15, 0.2) is 25.3 Å². The maximum atomic E-state index is 11.3. The van der Waals surface area contributed by atoms with Gasteiger partial charge in [0, 0.05) is 12.2 Å². The van der Waals surface area contributed by atoms with E-state index in [4.69, 9.17) is 9.47 Å². The molecule has 0 amide bonds. The number of rotatable bonds is 6. The summed E-state index contributed by atoms with van der Waals surface area (Å²) in [6.07, 6.45) is 5.58. The Kier molecular flexibility index (Phi) is 5.33. The second kappa shape index (κ2) is 6.55. The molecule has 1 saturated carbocycles. The number of hydrogen-bond donors (Lipinski definition) is 0. The summed E-state index contributed by atoms with van der Waals surface area (Å²) < 4.78 is 10.5. The van der Waals surface area contributed by atoms with Gasteiger partial charge in [-0.25, -0.2) is 9.59 Å². The Bertz CT molecular complexity index is 374. The molecule has 3 unspecified atom stereocenters. The van der Waals surface area contributed by atoms with Gasteiger partial charge in [-0.05, 0) is 45.4 Å². The zero-order valence-corrected chi connectivity index (χ0v) is 11.7. The maximum absolute atomic E-state index is 11.3. The average molecular weight is 266 g/mol. The molecule has 4 nitrogen and oxygen atoms in total. The first-order chi connectivity index (χ1) is 8.88. The lowest BCUT2D eigenvalue weighted by molar-refractivity contribution is -0.151. The Morgan fingerprint density at radius 1 is 1.37 bits per heavy atom. The second-order valence-corrected chi connectivity index (χ2v) is 5.37. The molecule has 1 rings (SSSR count). The summed E-state index contributed by atoms with van der Waals surface area (Å²) in [5.74, 6) is -0.379. The van der Waals surface area contributed by atoms with Gasteiger partial charge in [-0.2, -0.15) is 0 Å². The van der Waals surface area contributed by atoms with Crippen molar-refractivity contribution in [3.8, 4) is 0 Å². The van der Waals surface area contributed by atoms with E-state index in [2.05, 4.69) is 13.2 Å². The molecule has 19 heavy (non-hydrogen) atoms. The van der Waals surface area contributed by atoms with Crippen LogP contribution in [0.25, 0.3) is 0 Å². The highest BCUT2D eigenvalue weighted by Gasteiger charge is 2.38. The highest BCUT2D eigenvalue weighted by Crippen LogP contribution is 2.39. The molecule has 3 atom stereocenters. The lowest BCUT2D eigenvalue weighted by atomic mass is 9.97. The summed E-state index contributed by atoms with van der Waals surface area (Å²) in [5.41, 5.74) is -0.419. The van der Waals surface area contributed by atoms with E-state index in [0.717, 1.165) is 25.7 Å². The number of esters is 2. The van der Waals surface area contributed by atoms with Crippen LogP contribution in [0.5, 0.6) is 0 Å². The van der Waals surface area contributed by atoms with E-state index in [-0.39, 0.29) is 12.1 Å². The maximum Gasteiger partial charge on any atom is 0.330 e. The van der Waals surface area contributed by atoms with Crippen LogP contribution in [-0.4, -0.2) is 23.6 Å². The minimum Gasteiger partial charge on any atom is -0.460 e. The Hall–Kier alpha value is -1.58. The molecular weight excluding hydrogens is 244 g/mol. The molecule has 0 N–H and O–H groups in total. The zero-order chi connectivity index (χ0) is 14.5. The topological polar surface area (TPSA) is 52.6 Å². The monoisotopic (exact) mass is 266 g/mol. The second-order valence-electron chi connectivity index (χ2n) is 5.37. The van der Waals surface area contributed by atoms with Crippen molar-refractivity contribution in [3.63, 3.8) is 0 Å². The number of carbonyl (C=O) groups is 2. The fourth-order valence-electron chi connectivity index (χ4n) is 2.67. The van der Waals surface area contributed by atoms with Crippen molar-refractivity contribution in [3.05, 3.63) is 25.3 Å². The van der Waals surface area contributed by atoms with Crippen LogP contribution < -0.4 is 0 Å². The molecule has 0 aromatic carbocycles. The molecule has 0 bridgehead atoms. The van der Waals surface area contributed by atoms with E-state index >= 15 is 0 Å². The van der Waals surface area contributed by atoms with Crippen LogP contribution in [0.2, 0.25) is 0 Å². The molecule has 1 fully saturated rings. The molecule has 0 saturated heterocycles. The predicted molar refractivity (Wildman–Crippen MR) is 72.4 cm³/mol. The van der Waals surface area contributed by atoms with Crippen molar-refractivity contribution in [2.24, 2.45) is 5.92 Å². The fraction of sp³-hybridized carbons (Fsp3) is 0.600. The van der Waals surface area contributed by atoms with E-state index in [1.54, 1.807) is 0 Å². The highest BCUT2D eigenvalue weighted by molar-refractivity contribution is 5.81. The standard InChI is InChI=1S/C15H22O4/c1-5-13(16)18-11(3)9-12-7-8-15(4,10-12)19-14(17)6-2/h5-6,11-12H,1-2,7-10H2,3-4H3. The van der Waals surface area contributed by atoms with Gasteiger partial charge >= 0.3 is 11.9 Å². The van der Waals surface area contributed by atoms with Gasteiger partial charge in [0.25, 0.3) is 0 Å². The Morgan fingerprint density at radius 3 is 2.58 bits per heavy atom. The first-order valence-electron chi connectivity index (χ1n) is 6.57. The number of carbonyl (C=O) groups excluding carboxylic acids is 2. The van der Waals surface area contributed by atoms with Crippen molar-refractivity contribution in [1.29, 1.82) is 0 Å². The molecule has 0 spiro atoms. The molecule has 0 aromatic rings. The van der Waals surface area contributed by atoms with Crippen molar-refractivity contribution >= 4 is 11.9 Å². The van der Waals surface area contributed by atoms with Gasteiger partial charge in [-0.15, -0.1) is 0 Å². The van der Waals surface area contributed by atoms with Crippen molar-refractivity contribution in [1.82, 2.24) is 0 Å². The van der Waals surface area contributed by atoms with Crippen LogP contribution >= 0.6 is 0 Å². The average Bonchev–Trinajstić information content (AvgIpc) is 2.69. The van der Waals surface area contributed by atoms with Crippen molar-refractivity contribution < 1.29 is 19.1 Å². The molecule has 4 heteroatoms. The van der Waals surface area contributed by atoms with E-state index in [0.29, 0.717) is 5.92 Å². The van der Waals surface area contributed by atoms with Gasteiger partial charge in [0.1, 0.15) is 5.60 Å². The summed E-state index contributed by atoms with van der Waals surface area (Å²) in [7, 11) is 0. The summed E-state index contributed by atoms with van der Waals surface area (Å²) in [5, 5.41) is 0. The van der Waals surface area contributed by atoms with Crippen molar-refractivity contribution in [2.75, 3.05) is 0 Å². The first-order valence-corrected chi connectivity index (χ1v) is 6.57. The van der Waals surface area contributed by atoms with Gasteiger partial charge in [-0.3, -0.25) is 0 Å². The summed E-state index contributed by atoms with van der Waals surface area (Å²) >= 11 is 0. The van der Waals surface area contributed by atoms with Crippen LogP contribution in [0, 0.1) is 5.92 Å². The summed E-state index contributed by atoms with van der Waals surface area (Å²) in [6.45, 7) is 10.6. The first kappa shape index (κ1) is 15.5. The number of ether oxygens (including phenoxy) is 2. The molecule has 1 aliphatic carbocycles. The minimum atomic E-state index is -0.419. The highest BCUT2D eigenvalue weighted by atomic mass is 16.6. The third-order valence-corrected chi connectivity index (χ3v) is 3.46. The quantitative estimate of drug-likeness (QED) is 0.548. The molecule has 0 aromatic heterocycles. The third kappa shape index (κ3) is 4.89. The molecule has 0 aliphatic heterocycles. The summed E-state index contributed by atoms with van der Waals surface area (Å²) in [6, 6.07) is 0. The van der Waals surface area contributed by atoms with Gasteiger partial charge in [0.05, 0.1) is 6.10 Å². The Morgan fingerprint density at radius 2 is 2.00 bits per heavy atom. The predicted octanol–water partition coefficient (Wildman–Crippen LogP) is 2.78. The van der Waals surface area contributed by atoms with Crippen LogP contribution in [0.4, 0.5) is 0 Å². The Labute approximate surface area is 114 Å². The lowest BCUT2D eigenvalue weighted by Gasteiger charge is -2.24. The van der Waals surface area contributed by atoms with E-state index in [1.165, 1.54) is 12.2 Å². The number of hydrogen-bond acceptors (Lipinski definition) is 4. The smallest absolute Gasteiger partial charge is 0.330 e. The molecule has 106 valence electrons. The normalized spacial score (nSPS) is 27.4. The SMILES string of the molecule is C=CC(=O)OC(C)CC1CCC(C)(OC(=O)C=C)C1. The molecule has 1 aliphatic rings. The van der Waals surface area contributed by atoms with E-state index in [9.17, 15) is 9.59 Å². The van der Waals surface area contributed by atoms with Crippen molar-refractivity contribution in [2.45, 2.75) is 51.2 Å². The minimum absolute atomic E-state index is 0.145. The third-order valence-electron chi connectivity index (χ3n) is 3.46. The van der Waals surface area contributed by atoms with Gasteiger partial charge in [0.15, 0.2) is 0 Å².